The third kappa shape index (κ3) is 6.10. The van der Waals surface area contributed by atoms with Crippen molar-refractivity contribution in [1.29, 1.82) is 0 Å². The summed E-state index contributed by atoms with van der Waals surface area (Å²) in [7, 11) is 0. The predicted molar refractivity (Wildman–Crippen MR) is 58.6 cm³/mol. The summed E-state index contributed by atoms with van der Waals surface area (Å²) in [6, 6.07) is 0.0654. The normalized spacial score (nSPS) is 10.8. The van der Waals surface area contributed by atoms with Crippen molar-refractivity contribution in [2.45, 2.75) is 46.6 Å². The predicted octanol–water partition coefficient (Wildman–Crippen LogP) is 1.74. The molecule has 0 fully saturated rings. The van der Waals surface area contributed by atoms with E-state index in [2.05, 4.69) is 0 Å². The fraction of sp³-hybridized carbons (Fsp3) is 0.818. The Hall–Kier alpha value is -1.06. The minimum atomic E-state index is -0.863. The smallest absolute Gasteiger partial charge is 0.305 e. The van der Waals surface area contributed by atoms with Crippen LogP contribution in [0.2, 0.25) is 0 Å². The molecule has 88 valence electrons. The summed E-state index contributed by atoms with van der Waals surface area (Å²) in [5, 5.41) is 8.57. The average molecular weight is 215 g/mol. The SMILES string of the molecule is CC(C)CC(=O)N(CCC(=O)O)C(C)C. The number of rotatable bonds is 6. The van der Waals surface area contributed by atoms with Crippen molar-refractivity contribution in [2.24, 2.45) is 5.92 Å². The Morgan fingerprint density at radius 1 is 1.20 bits per heavy atom. The fourth-order valence-corrected chi connectivity index (χ4v) is 1.35. The third-order valence-corrected chi connectivity index (χ3v) is 2.09. The maximum atomic E-state index is 11.7. The molecule has 0 aliphatic rings. The van der Waals surface area contributed by atoms with E-state index in [1.165, 1.54) is 0 Å². The first-order chi connectivity index (χ1) is 6.84. The summed E-state index contributed by atoms with van der Waals surface area (Å²) < 4.78 is 0. The van der Waals surface area contributed by atoms with Gasteiger partial charge in [0.25, 0.3) is 0 Å². The molecular weight excluding hydrogens is 194 g/mol. The topological polar surface area (TPSA) is 57.6 Å². The molecule has 0 heterocycles. The van der Waals surface area contributed by atoms with Crippen LogP contribution in [0.25, 0.3) is 0 Å². The molecule has 0 aliphatic heterocycles. The van der Waals surface area contributed by atoms with Gasteiger partial charge in [0.15, 0.2) is 0 Å². The second-order valence-corrected chi connectivity index (χ2v) is 4.42. The van der Waals surface area contributed by atoms with Gasteiger partial charge in [0.2, 0.25) is 5.91 Å². The zero-order valence-electron chi connectivity index (χ0n) is 9.99. The van der Waals surface area contributed by atoms with E-state index < -0.39 is 5.97 Å². The van der Waals surface area contributed by atoms with Gasteiger partial charge in [-0.05, 0) is 19.8 Å². The summed E-state index contributed by atoms with van der Waals surface area (Å²) in [6.07, 6.45) is 0.500. The van der Waals surface area contributed by atoms with Crippen molar-refractivity contribution >= 4 is 11.9 Å². The molecule has 0 aliphatic carbocycles. The van der Waals surface area contributed by atoms with E-state index in [1.807, 2.05) is 27.7 Å². The number of carboxylic acid groups (broad SMARTS) is 1. The highest BCUT2D eigenvalue weighted by Crippen LogP contribution is 2.08. The van der Waals surface area contributed by atoms with Crippen LogP contribution in [-0.4, -0.2) is 34.5 Å². The van der Waals surface area contributed by atoms with E-state index in [0.29, 0.717) is 18.9 Å². The Bertz CT molecular complexity index is 224. The van der Waals surface area contributed by atoms with Gasteiger partial charge in [-0.25, -0.2) is 0 Å². The Balaban J connectivity index is 4.25. The molecule has 4 heteroatoms. The standard InChI is InChI=1S/C11H21NO3/c1-8(2)7-10(13)12(9(3)4)6-5-11(14)15/h8-9H,5-7H2,1-4H3,(H,14,15). The van der Waals surface area contributed by atoms with Crippen LogP contribution in [0.1, 0.15) is 40.5 Å². The monoisotopic (exact) mass is 215 g/mol. The molecule has 0 saturated heterocycles. The van der Waals surface area contributed by atoms with Crippen LogP contribution in [-0.2, 0) is 9.59 Å². The number of amides is 1. The lowest BCUT2D eigenvalue weighted by molar-refractivity contribution is -0.139. The highest BCUT2D eigenvalue weighted by molar-refractivity contribution is 5.77. The first kappa shape index (κ1) is 13.9. The molecule has 0 bridgehead atoms. The molecule has 0 atom stereocenters. The van der Waals surface area contributed by atoms with Gasteiger partial charge in [-0.15, -0.1) is 0 Å². The molecule has 1 N–H and O–H groups in total. The lowest BCUT2D eigenvalue weighted by Crippen LogP contribution is -2.38. The van der Waals surface area contributed by atoms with Crippen molar-refractivity contribution in [1.82, 2.24) is 4.90 Å². The highest BCUT2D eigenvalue weighted by Gasteiger charge is 2.18. The number of hydrogen-bond acceptors (Lipinski definition) is 2. The number of aliphatic carboxylic acids is 1. The van der Waals surface area contributed by atoms with E-state index >= 15 is 0 Å². The van der Waals surface area contributed by atoms with Crippen molar-refractivity contribution in [2.75, 3.05) is 6.54 Å². The fourth-order valence-electron chi connectivity index (χ4n) is 1.35. The molecule has 0 unspecified atom stereocenters. The van der Waals surface area contributed by atoms with Gasteiger partial charge < -0.3 is 10.0 Å². The van der Waals surface area contributed by atoms with Gasteiger partial charge >= 0.3 is 5.97 Å². The summed E-state index contributed by atoms with van der Waals surface area (Å²) in [6.45, 7) is 8.07. The average Bonchev–Trinajstić information content (AvgIpc) is 2.01. The molecule has 0 radical (unpaired) electrons. The minimum Gasteiger partial charge on any atom is -0.481 e. The van der Waals surface area contributed by atoms with Gasteiger partial charge in [-0.3, -0.25) is 9.59 Å². The van der Waals surface area contributed by atoms with Crippen LogP contribution in [0, 0.1) is 5.92 Å². The lowest BCUT2D eigenvalue weighted by atomic mass is 10.1. The van der Waals surface area contributed by atoms with E-state index in [0.717, 1.165) is 0 Å². The minimum absolute atomic E-state index is 0.0159. The second-order valence-electron chi connectivity index (χ2n) is 4.42. The molecule has 0 aromatic carbocycles. The van der Waals surface area contributed by atoms with E-state index in [4.69, 9.17) is 5.11 Å². The summed E-state index contributed by atoms with van der Waals surface area (Å²) >= 11 is 0. The summed E-state index contributed by atoms with van der Waals surface area (Å²) in [4.78, 5) is 23.8. The van der Waals surface area contributed by atoms with E-state index in [1.54, 1.807) is 4.90 Å². The Kier molecular flexibility index (Phi) is 5.97. The molecular formula is C11H21NO3. The van der Waals surface area contributed by atoms with Crippen molar-refractivity contribution in [3.8, 4) is 0 Å². The van der Waals surface area contributed by atoms with Crippen LogP contribution < -0.4 is 0 Å². The molecule has 4 nitrogen and oxygen atoms in total. The van der Waals surface area contributed by atoms with Gasteiger partial charge in [0.1, 0.15) is 0 Å². The number of carboxylic acids is 1. The summed E-state index contributed by atoms with van der Waals surface area (Å²) in [5.41, 5.74) is 0. The molecule has 0 aromatic rings. The maximum Gasteiger partial charge on any atom is 0.305 e. The first-order valence-electron chi connectivity index (χ1n) is 5.35. The second kappa shape index (κ2) is 6.43. The van der Waals surface area contributed by atoms with Crippen LogP contribution in [0.15, 0.2) is 0 Å². The van der Waals surface area contributed by atoms with Crippen LogP contribution in [0.5, 0.6) is 0 Å². The van der Waals surface area contributed by atoms with Gasteiger partial charge in [-0.1, -0.05) is 13.8 Å². The van der Waals surface area contributed by atoms with Crippen molar-refractivity contribution < 1.29 is 14.7 Å². The van der Waals surface area contributed by atoms with Gasteiger partial charge in [-0.2, -0.15) is 0 Å². The zero-order chi connectivity index (χ0) is 12.0. The van der Waals surface area contributed by atoms with Crippen LogP contribution in [0.4, 0.5) is 0 Å². The maximum absolute atomic E-state index is 11.7. The number of hydrogen-bond donors (Lipinski definition) is 1. The Morgan fingerprint density at radius 3 is 2.07 bits per heavy atom. The number of nitrogens with zero attached hydrogens (tertiary/aromatic N) is 1. The van der Waals surface area contributed by atoms with Gasteiger partial charge in [0, 0.05) is 19.0 Å². The Labute approximate surface area is 91.3 Å². The van der Waals surface area contributed by atoms with Crippen molar-refractivity contribution in [3.05, 3.63) is 0 Å². The number of carbonyl (C=O) groups is 2. The van der Waals surface area contributed by atoms with E-state index in [-0.39, 0.29) is 18.4 Å². The quantitative estimate of drug-likeness (QED) is 0.734. The molecule has 0 spiro atoms. The van der Waals surface area contributed by atoms with Crippen LogP contribution >= 0.6 is 0 Å². The van der Waals surface area contributed by atoms with Crippen LogP contribution in [0.3, 0.4) is 0 Å². The molecule has 0 rings (SSSR count). The highest BCUT2D eigenvalue weighted by atomic mass is 16.4. The Morgan fingerprint density at radius 2 is 1.73 bits per heavy atom. The molecule has 15 heavy (non-hydrogen) atoms. The number of carbonyl (C=O) groups excluding carboxylic acids is 1. The van der Waals surface area contributed by atoms with E-state index in [9.17, 15) is 9.59 Å². The third-order valence-electron chi connectivity index (χ3n) is 2.09. The summed E-state index contributed by atoms with van der Waals surface area (Å²) in [5.74, 6) is -0.511. The van der Waals surface area contributed by atoms with Gasteiger partial charge in [0.05, 0.1) is 6.42 Å². The lowest BCUT2D eigenvalue weighted by Gasteiger charge is -2.26. The molecule has 1 amide bonds. The van der Waals surface area contributed by atoms with Crippen molar-refractivity contribution in [3.63, 3.8) is 0 Å². The zero-order valence-corrected chi connectivity index (χ0v) is 9.99. The molecule has 0 aromatic heterocycles. The largest absolute Gasteiger partial charge is 0.481 e. The molecule has 0 saturated carbocycles. The first-order valence-corrected chi connectivity index (χ1v) is 5.35.